The van der Waals surface area contributed by atoms with Gasteiger partial charge in [-0.3, -0.25) is 4.84 Å². The fraction of sp³-hybridized carbons (Fsp3) is 0.200. The van der Waals surface area contributed by atoms with E-state index in [1.807, 2.05) is 37.9 Å². The fourth-order valence-corrected chi connectivity index (χ4v) is 1.22. The molecule has 1 aliphatic rings. The van der Waals surface area contributed by atoms with Gasteiger partial charge in [-0.25, -0.2) is 0 Å². The van der Waals surface area contributed by atoms with Crippen molar-refractivity contribution < 1.29 is 4.84 Å². The summed E-state index contributed by atoms with van der Waals surface area (Å²) in [5.41, 5.74) is 1.19. The maximum atomic E-state index is 5.27. The molecule has 0 spiro atoms. The Morgan fingerprint density at radius 2 is 2.15 bits per heavy atom. The monoisotopic (exact) mass is 172 g/mol. The first-order valence-electron chi connectivity index (χ1n) is 4.43. The summed E-state index contributed by atoms with van der Waals surface area (Å²) in [5, 5.41) is 0. The molecule has 0 amide bonds. The van der Waals surface area contributed by atoms with Crippen LogP contribution in [0.2, 0.25) is 6.32 Å². The largest absolute Gasteiger partial charge is 0.313 e. The van der Waals surface area contributed by atoms with Gasteiger partial charge < -0.3 is 4.97 Å². The minimum absolute atomic E-state index is 0.791. The maximum Gasteiger partial charge on any atom is 0.288 e. The minimum atomic E-state index is 0.791. The molecule has 1 aliphatic heterocycles. The predicted molar refractivity (Wildman–Crippen MR) is 53.8 cm³/mol. The van der Waals surface area contributed by atoms with E-state index in [4.69, 9.17) is 4.84 Å². The summed E-state index contributed by atoms with van der Waals surface area (Å²) in [6.07, 6.45) is 4.96. The van der Waals surface area contributed by atoms with Crippen LogP contribution >= 0.6 is 0 Å². The van der Waals surface area contributed by atoms with Gasteiger partial charge >= 0.3 is 0 Å². The quantitative estimate of drug-likeness (QED) is 0.632. The van der Waals surface area contributed by atoms with E-state index in [1.165, 1.54) is 5.56 Å². The number of hydrogen-bond acceptors (Lipinski definition) is 2. The smallest absolute Gasteiger partial charge is 0.288 e. The molecule has 13 heavy (non-hydrogen) atoms. The molecule has 0 aromatic heterocycles. The van der Waals surface area contributed by atoms with Crippen molar-refractivity contribution in [1.29, 1.82) is 0 Å². The molecule has 0 bridgehead atoms. The van der Waals surface area contributed by atoms with Gasteiger partial charge in [-0.1, -0.05) is 30.3 Å². The standard InChI is InChI=1S/C10H11BNO/c1-2-4-10(5-3-1)6-8-12-11-7-9-13-12/h1-6,8H,7,9H2. The van der Waals surface area contributed by atoms with Crippen molar-refractivity contribution in [3.05, 3.63) is 42.1 Å². The van der Waals surface area contributed by atoms with Crippen LogP contribution in [0.15, 0.2) is 36.5 Å². The van der Waals surface area contributed by atoms with E-state index in [1.54, 1.807) is 4.97 Å². The highest BCUT2D eigenvalue weighted by atomic mass is 16.7. The molecule has 0 N–H and O–H groups in total. The molecule has 2 nitrogen and oxygen atoms in total. The van der Waals surface area contributed by atoms with Gasteiger partial charge in [0.05, 0.1) is 6.61 Å². The normalized spacial score (nSPS) is 16.5. The van der Waals surface area contributed by atoms with Crippen LogP contribution in [0.4, 0.5) is 0 Å². The second-order valence-corrected chi connectivity index (χ2v) is 2.89. The third-order valence-electron chi connectivity index (χ3n) is 1.88. The number of rotatable bonds is 2. The SMILES string of the molecule is [B]1CCON1C=Cc1ccccc1. The van der Waals surface area contributed by atoms with Crippen LogP contribution in [0.3, 0.4) is 0 Å². The first-order chi connectivity index (χ1) is 6.45. The van der Waals surface area contributed by atoms with Crippen molar-refractivity contribution in [2.24, 2.45) is 0 Å². The summed E-state index contributed by atoms with van der Waals surface area (Å²) >= 11 is 0. The van der Waals surface area contributed by atoms with E-state index < -0.39 is 0 Å². The van der Waals surface area contributed by atoms with E-state index in [0.717, 1.165) is 12.9 Å². The van der Waals surface area contributed by atoms with Gasteiger partial charge in [-0.05, 0) is 18.0 Å². The van der Waals surface area contributed by atoms with Gasteiger partial charge in [0.25, 0.3) is 7.41 Å². The van der Waals surface area contributed by atoms with Crippen LogP contribution < -0.4 is 0 Å². The predicted octanol–water partition coefficient (Wildman–Crippen LogP) is 1.94. The number of hydrogen-bond donors (Lipinski definition) is 0. The van der Waals surface area contributed by atoms with Crippen LogP contribution in [0.5, 0.6) is 0 Å². The molecule has 0 atom stereocenters. The zero-order chi connectivity index (χ0) is 8.93. The summed E-state index contributed by atoms with van der Waals surface area (Å²) in [4.78, 5) is 7.02. The highest BCUT2D eigenvalue weighted by molar-refractivity contribution is 6.32. The molecule has 0 unspecified atom stereocenters. The maximum absolute atomic E-state index is 5.27. The van der Waals surface area contributed by atoms with Crippen LogP contribution in [0.25, 0.3) is 6.08 Å². The van der Waals surface area contributed by atoms with Crippen LogP contribution in [0, 0.1) is 0 Å². The summed E-state index contributed by atoms with van der Waals surface area (Å²) in [7, 11) is 2.03. The van der Waals surface area contributed by atoms with Gasteiger partial charge in [-0.2, -0.15) is 0 Å². The van der Waals surface area contributed by atoms with Crippen molar-refractivity contribution in [2.75, 3.05) is 6.61 Å². The minimum Gasteiger partial charge on any atom is -0.313 e. The lowest BCUT2D eigenvalue weighted by molar-refractivity contribution is -0.0192. The lowest BCUT2D eigenvalue weighted by atomic mass is 9.91. The molecular weight excluding hydrogens is 161 g/mol. The van der Waals surface area contributed by atoms with Crippen molar-refractivity contribution >= 4 is 13.5 Å². The third kappa shape index (κ3) is 2.36. The molecule has 0 aliphatic carbocycles. The number of hydroxylamine groups is 1. The highest BCUT2D eigenvalue weighted by Crippen LogP contribution is 2.06. The van der Waals surface area contributed by atoms with Crippen LogP contribution in [0.1, 0.15) is 5.56 Å². The topological polar surface area (TPSA) is 12.5 Å². The Kier molecular flexibility index (Phi) is 2.67. The zero-order valence-corrected chi connectivity index (χ0v) is 7.39. The van der Waals surface area contributed by atoms with Gasteiger partial charge in [0.1, 0.15) is 0 Å². The molecule has 1 aromatic carbocycles. The van der Waals surface area contributed by atoms with E-state index in [-0.39, 0.29) is 0 Å². The molecule has 1 radical (unpaired) electrons. The molecule has 65 valence electrons. The molecule has 1 heterocycles. The Hall–Kier alpha value is -1.22. The summed E-state index contributed by atoms with van der Waals surface area (Å²) in [6.45, 7) is 0.791. The fourth-order valence-electron chi connectivity index (χ4n) is 1.22. The summed E-state index contributed by atoms with van der Waals surface area (Å²) in [6, 6.07) is 10.2. The number of benzene rings is 1. The Bertz CT molecular complexity index is 280. The van der Waals surface area contributed by atoms with Gasteiger partial charge in [-0.15, -0.1) is 0 Å². The summed E-state index contributed by atoms with van der Waals surface area (Å²) < 4.78 is 0. The first kappa shape index (κ1) is 8.39. The van der Waals surface area contributed by atoms with Crippen molar-refractivity contribution in [2.45, 2.75) is 6.32 Å². The van der Waals surface area contributed by atoms with Crippen LogP contribution in [-0.2, 0) is 4.84 Å². The Morgan fingerprint density at radius 3 is 2.85 bits per heavy atom. The van der Waals surface area contributed by atoms with E-state index >= 15 is 0 Å². The van der Waals surface area contributed by atoms with E-state index in [0.29, 0.717) is 0 Å². The number of nitrogens with zero attached hydrogens (tertiary/aromatic N) is 1. The van der Waals surface area contributed by atoms with Crippen molar-refractivity contribution in [3.8, 4) is 0 Å². The summed E-state index contributed by atoms with van der Waals surface area (Å²) in [5.74, 6) is 0. The third-order valence-corrected chi connectivity index (χ3v) is 1.88. The van der Waals surface area contributed by atoms with Crippen LogP contribution in [-0.4, -0.2) is 19.0 Å². The van der Waals surface area contributed by atoms with Gasteiger partial charge in [0.15, 0.2) is 0 Å². The van der Waals surface area contributed by atoms with Gasteiger partial charge in [0.2, 0.25) is 0 Å². The second-order valence-electron chi connectivity index (χ2n) is 2.89. The zero-order valence-electron chi connectivity index (χ0n) is 7.39. The molecule has 1 aromatic rings. The Balaban J connectivity index is 1.97. The highest BCUT2D eigenvalue weighted by Gasteiger charge is 2.09. The molecule has 1 fully saturated rings. The second kappa shape index (κ2) is 4.14. The molecule has 1 saturated heterocycles. The van der Waals surface area contributed by atoms with Crippen molar-refractivity contribution in [1.82, 2.24) is 4.97 Å². The Labute approximate surface area is 79.0 Å². The van der Waals surface area contributed by atoms with Gasteiger partial charge in [0, 0.05) is 6.20 Å². The average molecular weight is 172 g/mol. The Morgan fingerprint density at radius 1 is 1.31 bits per heavy atom. The lowest BCUT2D eigenvalue weighted by Gasteiger charge is -2.08. The molecule has 3 heteroatoms. The van der Waals surface area contributed by atoms with E-state index in [2.05, 4.69) is 12.1 Å². The molecule has 0 saturated carbocycles. The molecular formula is C10H11BNO. The lowest BCUT2D eigenvalue weighted by Crippen LogP contribution is -2.11. The van der Waals surface area contributed by atoms with E-state index in [9.17, 15) is 0 Å². The van der Waals surface area contributed by atoms with Crippen molar-refractivity contribution in [3.63, 3.8) is 0 Å². The molecule has 2 rings (SSSR count). The first-order valence-corrected chi connectivity index (χ1v) is 4.43. The average Bonchev–Trinajstić information content (AvgIpc) is 2.69.